The van der Waals surface area contributed by atoms with E-state index >= 15 is 0 Å². The smallest absolute Gasteiger partial charge is 0.269 e. The Hall–Kier alpha value is -3.19. The number of carbonyl (C=O) groups excluding carboxylic acids is 1. The highest BCUT2D eigenvalue weighted by molar-refractivity contribution is 6.31. The van der Waals surface area contributed by atoms with E-state index in [9.17, 15) is 14.9 Å². The Morgan fingerprint density at radius 1 is 1.25 bits per heavy atom. The lowest BCUT2D eigenvalue weighted by Crippen LogP contribution is -2.40. The van der Waals surface area contributed by atoms with Gasteiger partial charge in [-0.2, -0.15) is 5.10 Å². The molecule has 1 amide bonds. The van der Waals surface area contributed by atoms with Crippen LogP contribution in [0.15, 0.2) is 67.0 Å². The first-order valence-electron chi connectivity index (χ1n) is 8.72. The van der Waals surface area contributed by atoms with E-state index in [1.165, 1.54) is 12.1 Å². The average Bonchev–Trinajstić information content (AvgIpc) is 3.18. The fourth-order valence-corrected chi connectivity index (χ4v) is 3.40. The monoisotopic (exact) mass is 398 g/mol. The molecule has 0 saturated heterocycles. The third-order valence-corrected chi connectivity index (χ3v) is 4.73. The topological polar surface area (TPSA) is 90.1 Å². The first kappa shape index (κ1) is 19.6. The van der Waals surface area contributed by atoms with Crippen molar-refractivity contribution in [2.75, 3.05) is 0 Å². The molecule has 28 heavy (non-hydrogen) atoms. The predicted octanol–water partition coefficient (Wildman–Crippen LogP) is 3.78. The van der Waals surface area contributed by atoms with E-state index in [4.69, 9.17) is 11.6 Å². The summed E-state index contributed by atoms with van der Waals surface area (Å²) in [5.74, 6) is -0.239. The van der Waals surface area contributed by atoms with E-state index in [0.717, 1.165) is 5.56 Å². The minimum absolute atomic E-state index is 0.0381. The summed E-state index contributed by atoms with van der Waals surface area (Å²) in [6.45, 7) is 1.88. The first-order valence-corrected chi connectivity index (χ1v) is 9.09. The van der Waals surface area contributed by atoms with Gasteiger partial charge in [-0.3, -0.25) is 19.6 Å². The van der Waals surface area contributed by atoms with Gasteiger partial charge in [0, 0.05) is 29.5 Å². The quantitative estimate of drug-likeness (QED) is 0.484. The molecular formula is C20H19ClN4O3. The maximum absolute atomic E-state index is 12.6. The van der Waals surface area contributed by atoms with Crippen molar-refractivity contribution >= 4 is 23.2 Å². The van der Waals surface area contributed by atoms with Gasteiger partial charge in [-0.1, -0.05) is 41.9 Å². The normalized spacial score (nSPS) is 12.9. The number of amides is 1. The van der Waals surface area contributed by atoms with Gasteiger partial charge in [-0.05, 0) is 30.2 Å². The van der Waals surface area contributed by atoms with Gasteiger partial charge in [0.05, 0.1) is 23.4 Å². The summed E-state index contributed by atoms with van der Waals surface area (Å²) in [5.41, 5.74) is 1.38. The third kappa shape index (κ3) is 4.55. The zero-order chi connectivity index (χ0) is 20.1. The standard InChI is InChI=1S/C20H19ClN4O3/c1-14(23-19(26)13-15-6-4-7-16(12-15)25(27)28)20(24-11-5-10-22-24)17-8-2-3-9-18(17)21/h2-12,14,20H,13H2,1H3,(H,23,26)/t14-,20+/m1/s1. The van der Waals surface area contributed by atoms with E-state index in [2.05, 4.69) is 10.4 Å². The lowest BCUT2D eigenvalue weighted by Gasteiger charge is -2.26. The molecule has 7 nitrogen and oxygen atoms in total. The highest BCUT2D eigenvalue weighted by Crippen LogP contribution is 2.28. The fraction of sp³-hybridized carbons (Fsp3) is 0.200. The maximum Gasteiger partial charge on any atom is 0.269 e. The number of non-ortho nitro benzene ring substituents is 1. The second kappa shape index (κ2) is 8.67. The van der Waals surface area contributed by atoms with Crippen LogP contribution >= 0.6 is 11.6 Å². The summed E-state index contributed by atoms with van der Waals surface area (Å²) in [5, 5.41) is 18.8. The number of carbonyl (C=O) groups is 1. The molecule has 0 saturated carbocycles. The van der Waals surface area contributed by atoms with Crippen molar-refractivity contribution in [2.45, 2.75) is 25.4 Å². The molecule has 8 heteroatoms. The summed E-state index contributed by atoms with van der Waals surface area (Å²) >= 11 is 6.38. The Kier molecular flexibility index (Phi) is 6.06. The molecule has 3 rings (SSSR count). The van der Waals surface area contributed by atoms with Crippen LogP contribution in [0.4, 0.5) is 5.69 Å². The number of halogens is 1. The average molecular weight is 399 g/mol. The van der Waals surface area contributed by atoms with Gasteiger partial charge < -0.3 is 5.32 Å². The molecule has 3 aromatic rings. The maximum atomic E-state index is 12.6. The second-order valence-corrected chi connectivity index (χ2v) is 6.82. The number of rotatable bonds is 7. The van der Waals surface area contributed by atoms with Crippen LogP contribution in [0.2, 0.25) is 5.02 Å². The molecule has 1 aromatic heterocycles. The Bertz CT molecular complexity index is 975. The number of benzene rings is 2. The SMILES string of the molecule is C[C@@H](NC(=O)Cc1cccc([N+](=O)[O-])c1)[C@@H](c1ccccc1Cl)n1cccn1. The van der Waals surface area contributed by atoms with Crippen LogP contribution in [-0.4, -0.2) is 26.7 Å². The molecular weight excluding hydrogens is 380 g/mol. The minimum Gasteiger partial charge on any atom is -0.351 e. The number of nitrogens with zero attached hydrogens (tertiary/aromatic N) is 3. The van der Waals surface area contributed by atoms with Gasteiger partial charge in [0.2, 0.25) is 5.91 Å². The van der Waals surface area contributed by atoms with E-state index in [1.807, 2.05) is 37.4 Å². The molecule has 0 unspecified atom stereocenters. The number of hydrogen-bond acceptors (Lipinski definition) is 4. The fourth-order valence-electron chi connectivity index (χ4n) is 3.15. The molecule has 0 radical (unpaired) electrons. The number of hydrogen-bond donors (Lipinski definition) is 1. The molecule has 0 aliphatic rings. The Balaban J connectivity index is 1.78. The summed E-state index contributed by atoms with van der Waals surface area (Å²) < 4.78 is 1.75. The zero-order valence-electron chi connectivity index (χ0n) is 15.2. The highest BCUT2D eigenvalue weighted by Gasteiger charge is 2.25. The molecule has 0 bridgehead atoms. The van der Waals surface area contributed by atoms with Crippen molar-refractivity contribution in [2.24, 2.45) is 0 Å². The molecule has 2 atom stereocenters. The zero-order valence-corrected chi connectivity index (χ0v) is 15.9. The van der Waals surface area contributed by atoms with Gasteiger partial charge in [0.15, 0.2) is 0 Å². The van der Waals surface area contributed by atoms with Gasteiger partial charge >= 0.3 is 0 Å². The Labute approximate surface area is 167 Å². The van der Waals surface area contributed by atoms with Gasteiger partial charge in [-0.15, -0.1) is 0 Å². The van der Waals surface area contributed by atoms with Gasteiger partial charge in [0.25, 0.3) is 5.69 Å². The third-order valence-electron chi connectivity index (χ3n) is 4.38. The van der Waals surface area contributed by atoms with E-state index in [0.29, 0.717) is 10.6 Å². The lowest BCUT2D eigenvalue weighted by atomic mass is 10.00. The van der Waals surface area contributed by atoms with Crippen molar-refractivity contribution in [1.29, 1.82) is 0 Å². The number of aromatic nitrogens is 2. The lowest BCUT2D eigenvalue weighted by molar-refractivity contribution is -0.384. The molecule has 1 N–H and O–H groups in total. The van der Waals surface area contributed by atoms with E-state index in [1.54, 1.807) is 29.1 Å². The summed E-state index contributed by atoms with van der Waals surface area (Å²) in [4.78, 5) is 23.0. The van der Waals surface area contributed by atoms with Crippen molar-refractivity contribution in [3.8, 4) is 0 Å². The Morgan fingerprint density at radius 3 is 2.71 bits per heavy atom. The van der Waals surface area contributed by atoms with E-state index < -0.39 is 4.92 Å². The van der Waals surface area contributed by atoms with Crippen LogP contribution in [0.3, 0.4) is 0 Å². The number of nitro benzene ring substituents is 1. The molecule has 0 aliphatic carbocycles. The molecule has 2 aromatic carbocycles. The molecule has 0 aliphatic heterocycles. The highest BCUT2D eigenvalue weighted by atomic mass is 35.5. The van der Waals surface area contributed by atoms with Crippen LogP contribution in [0.25, 0.3) is 0 Å². The molecule has 0 fully saturated rings. The van der Waals surface area contributed by atoms with Crippen LogP contribution in [0.1, 0.15) is 24.1 Å². The predicted molar refractivity (Wildman–Crippen MR) is 106 cm³/mol. The van der Waals surface area contributed by atoms with Crippen LogP contribution < -0.4 is 5.32 Å². The molecule has 0 spiro atoms. The minimum atomic E-state index is -0.477. The summed E-state index contributed by atoms with van der Waals surface area (Å²) in [6.07, 6.45) is 3.53. The summed E-state index contributed by atoms with van der Waals surface area (Å²) in [7, 11) is 0. The largest absolute Gasteiger partial charge is 0.351 e. The van der Waals surface area contributed by atoms with E-state index in [-0.39, 0.29) is 30.1 Å². The number of nitrogens with one attached hydrogen (secondary N) is 1. The van der Waals surface area contributed by atoms with Gasteiger partial charge in [0.1, 0.15) is 0 Å². The second-order valence-electron chi connectivity index (χ2n) is 6.41. The van der Waals surface area contributed by atoms with Crippen molar-refractivity contribution < 1.29 is 9.72 Å². The number of nitro groups is 1. The van der Waals surface area contributed by atoms with Crippen LogP contribution in [-0.2, 0) is 11.2 Å². The summed E-state index contributed by atoms with van der Waals surface area (Å²) in [6, 6.07) is 14.7. The molecule has 144 valence electrons. The van der Waals surface area contributed by atoms with Crippen molar-refractivity contribution in [3.05, 3.63) is 93.3 Å². The first-order chi connectivity index (χ1) is 13.5. The molecule has 1 heterocycles. The van der Waals surface area contributed by atoms with Gasteiger partial charge in [-0.25, -0.2) is 0 Å². The van der Waals surface area contributed by atoms with Crippen molar-refractivity contribution in [3.63, 3.8) is 0 Å². The van der Waals surface area contributed by atoms with Crippen molar-refractivity contribution in [1.82, 2.24) is 15.1 Å². The Morgan fingerprint density at radius 2 is 2.04 bits per heavy atom. The van der Waals surface area contributed by atoms with Crippen LogP contribution in [0, 0.1) is 10.1 Å². The van der Waals surface area contributed by atoms with Crippen LogP contribution in [0.5, 0.6) is 0 Å².